The van der Waals surface area contributed by atoms with Crippen LogP contribution >= 0.6 is 11.6 Å². The number of benzene rings is 1. The molecule has 4 rings (SSSR count). The van der Waals surface area contributed by atoms with Crippen molar-refractivity contribution in [2.45, 2.75) is 25.4 Å². The number of alkyl halides is 3. The average Bonchev–Trinajstić information content (AvgIpc) is 2.83. The molecule has 0 saturated carbocycles. The predicted molar refractivity (Wildman–Crippen MR) is 98.2 cm³/mol. The molecular formula is C19H16ClF3N4. The van der Waals surface area contributed by atoms with Crippen LogP contribution in [-0.2, 0) is 12.6 Å². The second kappa shape index (κ2) is 6.88. The minimum Gasteiger partial charge on any atom is -0.370 e. The molecule has 1 aliphatic rings. The fourth-order valence-electron chi connectivity index (χ4n) is 3.26. The van der Waals surface area contributed by atoms with E-state index in [1.807, 2.05) is 12.1 Å². The highest BCUT2D eigenvalue weighted by Crippen LogP contribution is 2.37. The molecule has 0 amide bonds. The third kappa shape index (κ3) is 3.39. The molecule has 2 aromatic heterocycles. The Bertz CT molecular complexity index is 967. The maximum Gasteiger partial charge on any atom is 0.416 e. The summed E-state index contributed by atoms with van der Waals surface area (Å²) in [6.45, 7) is 0.724. The van der Waals surface area contributed by atoms with Gasteiger partial charge in [-0.3, -0.25) is 4.98 Å². The van der Waals surface area contributed by atoms with Crippen molar-refractivity contribution < 1.29 is 13.2 Å². The molecule has 0 radical (unpaired) electrons. The van der Waals surface area contributed by atoms with Crippen LogP contribution in [-0.4, -0.2) is 21.3 Å². The smallest absolute Gasteiger partial charge is 0.370 e. The van der Waals surface area contributed by atoms with Gasteiger partial charge in [-0.15, -0.1) is 0 Å². The summed E-state index contributed by atoms with van der Waals surface area (Å²) in [5.41, 5.74) is 1.93. The van der Waals surface area contributed by atoms with Crippen LogP contribution in [0.15, 0.2) is 42.7 Å². The van der Waals surface area contributed by atoms with Crippen molar-refractivity contribution in [3.05, 3.63) is 58.9 Å². The highest BCUT2D eigenvalue weighted by molar-refractivity contribution is 6.32. The first-order valence-electron chi connectivity index (χ1n) is 8.58. The van der Waals surface area contributed by atoms with Crippen LogP contribution in [0.1, 0.15) is 24.0 Å². The Balaban J connectivity index is 1.93. The molecule has 1 N–H and O–H groups in total. The maximum atomic E-state index is 13.2. The lowest BCUT2D eigenvalue weighted by Crippen LogP contribution is -2.10. The lowest BCUT2D eigenvalue weighted by molar-refractivity contribution is -0.137. The number of hydrogen-bond donors (Lipinski definition) is 1. The van der Waals surface area contributed by atoms with Gasteiger partial charge in [-0.05, 0) is 49.6 Å². The number of pyridine rings is 1. The molecule has 1 aliphatic heterocycles. The summed E-state index contributed by atoms with van der Waals surface area (Å²) in [5.74, 6) is 0.688. The summed E-state index contributed by atoms with van der Waals surface area (Å²) in [7, 11) is 0. The van der Waals surface area contributed by atoms with Gasteiger partial charge in [-0.2, -0.15) is 18.3 Å². The van der Waals surface area contributed by atoms with Crippen molar-refractivity contribution >= 4 is 17.4 Å². The summed E-state index contributed by atoms with van der Waals surface area (Å²) >= 11 is 6.25. The number of hydrogen-bond acceptors (Lipinski definition) is 3. The molecular weight excluding hydrogens is 377 g/mol. The second-order valence-corrected chi connectivity index (χ2v) is 6.78. The van der Waals surface area contributed by atoms with E-state index in [2.05, 4.69) is 15.4 Å². The Labute approximate surface area is 159 Å². The fourth-order valence-corrected chi connectivity index (χ4v) is 3.46. The van der Waals surface area contributed by atoms with Crippen LogP contribution in [0.5, 0.6) is 0 Å². The quantitative estimate of drug-likeness (QED) is 0.638. The molecule has 0 saturated heterocycles. The standard InChI is InChI=1S/C19H16ClF3N4/c20-15-7-6-13(19(21,22)23)10-16(15)27-18-14(5-1-2-9-25-18)17(26-27)12-4-3-8-24-11-12/h3-4,6-8,10-11,25H,1-2,5,9H2. The Morgan fingerprint density at radius 1 is 1.15 bits per heavy atom. The van der Waals surface area contributed by atoms with Crippen molar-refractivity contribution in [2.24, 2.45) is 0 Å². The molecule has 0 unspecified atom stereocenters. The van der Waals surface area contributed by atoms with Gasteiger partial charge in [-0.25, -0.2) is 4.68 Å². The monoisotopic (exact) mass is 392 g/mol. The fraction of sp³-hybridized carbons (Fsp3) is 0.263. The normalized spacial score (nSPS) is 14.4. The molecule has 0 fully saturated rings. The first-order chi connectivity index (χ1) is 12.9. The number of rotatable bonds is 2. The third-order valence-corrected chi connectivity index (χ3v) is 4.89. The molecule has 0 aliphatic carbocycles. The van der Waals surface area contributed by atoms with E-state index in [1.165, 1.54) is 10.7 Å². The predicted octanol–water partition coefficient (Wildman–Crippen LogP) is 5.35. The number of anilines is 1. The zero-order valence-electron chi connectivity index (χ0n) is 14.2. The highest BCUT2D eigenvalue weighted by atomic mass is 35.5. The molecule has 0 bridgehead atoms. The van der Waals surface area contributed by atoms with Crippen LogP contribution in [0.3, 0.4) is 0 Å². The number of halogens is 4. The van der Waals surface area contributed by atoms with Gasteiger partial charge in [-0.1, -0.05) is 11.6 Å². The van der Waals surface area contributed by atoms with E-state index in [0.29, 0.717) is 11.5 Å². The summed E-state index contributed by atoms with van der Waals surface area (Å²) < 4.78 is 41.1. The minimum atomic E-state index is -4.46. The van der Waals surface area contributed by atoms with Crippen LogP contribution < -0.4 is 5.32 Å². The first kappa shape index (κ1) is 17.9. The van der Waals surface area contributed by atoms with E-state index >= 15 is 0 Å². The van der Waals surface area contributed by atoms with Gasteiger partial charge < -0.3 is 5.32 Å². The molecule has 27 heavy (non-hydrogen) atoms. The Kier molecular flexibility index (Phi) is 4.55. The van der Waals surface area contributed by atoms with E-state index in [-0.39, 0.29) is 10.7 Å². The second-order valence-electron chi connectivity index (χ2n) is 6.38. The van der Waals surface area contributed by atoms with Gasteiger partial charge in [0.15, 0.2) is 0 Å². The van der Waals surface area contributed by atoms with E-state index < -0.39 is 11.7 Å². The topological polar surface area (TPSA) is 42.7 Å². The molecule has 8 heteroatoms. The average molecular weight is 393 g/mol. The summed E-state index contributed by atoms with van der Waals surface area (Å²) in [4.78, 5) is 4.13. The molecule has 0 spiro atoms. The van der Waals surface area contributed by atoms with Crippen LogP contribution in [0.4, 0.5) is 19.0 Å². The maximum absolute atomic E-state index is 13.2. The van der Waals surface area contributed by atoms with Crippen LogP contribution in [0, 0.1) is 0 Å². The molecule has 3 heterocycles. The zero-order valence-corrected chi connectivity index (χ0v) is 15.0. The Morgan fingerprint density at radius 2 is 2.00 bits per heavy atom. The summed E-state index contributed by atoms with van der Waals surface area (Å²) in [5, 5.41) is 8.13. The zero-order chi connectivity index (χ0) is 19.0. The highest BCUT2D eigenvalue weighted by Gasteiger charge is 2.32. The van der Waals surface area contributed by atoms with Crippen molar-refractivity contribution in [1.82, 2.24) is 14.8 Å². The largest absolute Gasteiger partial charge is 0.416 e. The van der Waals surface area contributed by atoms with Crippen molar-refractivity contribution in [1.29, 1.82) is 0 Å². The van der Waals surface area contributed by atoms with Gasteiger partial charge in [0.05, 0.1) is 22.0 Å². The van der Waals surface area contributed by atoms with E-state index in [1.54, 1.807) is 12.4 Å². The summed E-state index contributed by atoms with van der Waals surface area (Å²) in [6.07, 6.45) is 1.63. The molecule has 3 aromatic rings. The van der Waals surface area contributed by atoms with Gasteiger partial charge >= 0.3 is 6.18 Å². The van der Waals surface area contributed by atoms with Gasteiger partial charge in [0, 0.05) is 30.1 Å². The first-order valence-corrected chi connectivity index (χ1v) is 8.96. The number of aromatic nitrogens is 3. The summed E-state index contributed by atoms with van der Waals surface area (Å²) in [6, 6.07) is 6.97. The molecule has 0 atom stereocenters. The number of fused-ring (bicyclic) bond motifs is 1. The third-order valence-electron chi connectivity index (χ3n) is 4.57. The van der Waals surface area contributed by atoms with E-state index in [9.17, 15) is 13.2 Å². The van der Waals surface area contributed by atoms with E-state index in [4.69, 9.17) is 11.6 Å². The van der Waals surface area contributed by atoms with Crippen molar-refractivity contribution in [3.8, 4) is 16.9 Å². The van der Waals surface area contributed by atoms with Gasteiger partial charge in [0.2, 0.25) is 0 Å². The molecule has 1 aromatic carbocycles. The van der Waals surface area contributed by atoms with Crippen molar-refractivity contribution in [2.75, 3.05) is 11.9 Å². The molecule has 4 nitrogen and oxygen atoms in total. The van der Waals surface area contributed by atoms with Crippen LogP contribution in [0.2, 0.25) is 5.02 Å². The molecule has 140 valence electrons. The van der Waals surface area contributed by atoms with Crippen LogP contribution in [0.25, 0.3) is 16.9 Å². The van der Waals surface area contributed by atoms with E-state index in [0.717, 1.165) is 49.1 Å². The van der Waals surface area contributed by atoms with Crippen molar-refractivity contribution in [3.63, 3.8) is 0 Å². The minimum absolute atomic E-state index is 0.201. The van der Waals surface area contributed by atoms with Gasteiger partial charge in [0.25, 0.3) is 0 Å². The number of nitrogens with zero attached hydrogens (tertiary/aromatic N) is 3. The Hall–Kier alpha value is -2.54. The van der Waals surface area contributed by atoms with Gasteiger partial charge in [0.1, 0.15) is 5.82 Å². The SMILES string of the molecule is FC(F)(F)c1ccc(Cl)c(-n2nc(-c3cccnc3)c3c2NCCCC3)c1. The number of nitrogens with one attached hydrogen (secondary N) is 1. The lowest BCUT2D eigenvalue weighted by Gasteiger charge is -2.13. The lowest BCUT2D eigenvalue weighted by atomic mass is 10.1. The Morgan fingerprint density at radius 3 is 2.74 bits per heavy atom.